The molecule has 0 aromatic heterocycles. The zero-order valence-electron chi connectivity index (χ0n) is 12.1. The number of urea groups is 1. The Labute approximate surface area is 130 Å². The van der Waals surface area contributed by atoms with E-state index >= 15 is 0 Å². The molecule has 1 fully saturated rings. The largest absolute Gasteiger partial charge is 0.336 e. The highest BCUT2D eigenvalue weighted by Crippen LogP contribution is 2.36. The number of halogens is 1. The standard InChI is InChI=1S/C14H19FN2O2S2/c1-14(6-3-7-20-14)9-16-13(18)17-10-4-5-12(21(2)19)11(15)8-10/h4-5,8H,3,6-7,9H2,1-2H3,(H2,16,17,18)/t14-,21-/m0/s1. The van der Waals surface area contributed by atoms with E-state index in [4.69, 9.17) is 0 Å². The fourth-order valence-electron chi connectivity index (χ4n) is 2.23. The lowest BCUT2D eigenvalue weighted by Crippen LogP contribution is -2.39. The van der Waals surface area contributed by atoms with Gasteiger partial charge in [-0.25, -0.2) is 9.18 Å². The fraction of sp³-hybridized carbons (Fsp3) is 0.500. The highest BCUT2D eigenvalue weighted by Gasteiger charge is 2.29. The third kappa shape index (κ3) is 4.44. The third-order valence-corrected chi connectivity index (χ3v) is 5.91. The van der Waals surface area contributed by atoms with E-state index in [0.29, 0.717) is 12.2 Å². The number of anilines is 1. The molecule has 2 rings (SSSR count). The monoisotopic (exact) mass is 330 g/mol. The van der Waals surface area contributed by atoms with Crippen molar-refractivity contribution in [1.82, 2.24) is 5.32 Å². The molecular formula is C14H19FN2O2S2. The summed E-state index contributed by atoms with van der Waals surface area (Å²) in [6, 6.07) is 3.80. The Bertz CT molecular complexity index is 560. The van der Waals surface area contributed by atoms with Gasteiger partial charge in [0.2, 0.25) is 0 Å². The Balaban J connectivity index is 1.90. The molecule has 7 heteroatoms. The molecule has 21 heavy (non-hydrogen) atoms. The molecule has 0 aliphatic carbocycles. The van der Waals surface area contributed by atoms with Gasteiger partial charge in [0.25, 0.3) is 0 Å². The summed E-state index contributed by atoms with van der Waals surface area (Å²) in [5, 5.41) is 5.41. The van der Waals surface area contributed by atoms with E-state index in [-0.39, 0.29) is 15.7 Å². The predicted octanol–water partition coefficient (Wildman–Crippen LogP) is 2.97. The van der Waals surface area contributed by atoms with Crippen molar-refractivity contribution < 1.29 is 13.4 Å². The summed E-state index contributed by atoms with van der Waals surface area (Å²) in [6.45, 7) is 2.72. The molecule has 0 radical (unpaired) electrons. The maximum Gasteiger partial charge on any atom is 0.319 e. The van der Waals surface area contributed by atoms with Gasteiger partial charge in [-0.15, -0.1) is 0 Å². The zero-order chi connectivity index (χ0) is 15.5. The van der Waals surface area contributed by atoms with Gasteiger partial charge in [0.05, 0.1) is 15.7 Å². The molecule has 0 spiro atoms. The molecule has 1 aromatic rings. The molecule has 1 aliphatic heterocycles. The van der Waals surface area contributed by atoms with Crippen LogP contribution in [0.1, 0.15) is 19.8 Å². The van der Waals surface area contributed by atoms with Gasteiger partial charge in [-0.1, -0.05) is 0 Å². The molecule has 1 saturated heterocycles. The summed E-state index contributed by atoms with van der Waals surface area (Å²) in [4.78, 5) is 12.0. The second-order valence-electron chi connectivity index (χ2n) is 5.31. The van der Waals surface area contributed by atoms with E-state index < -0.39 is 16.6 Å². The van der Waals surface area contributed by atoms with Crippen molar-refractivity contribution in [3.05, 3.63) is 24.0 Å². The Morgan fingerprint density at radius 1 is 1.52 bits per heavy atom. The van der Waals surface area contributed by atoms with Crippen LogP contribution >= 0.6 is 11.8 Å². The van der Waals surface area contributed by atoms with Crippen molar-refractivity contribution in [2.45, 2.75) is 29.4 Å². The van der Waals surface area contributed by atoms with E-state index in [1.807, 2.05) is 11.8 Å². The van der Waals surface area contributed by atoms with Crippen LogP contribution in [0.25, 0.3) is 0 Å². The van der Waals surface area contributed by atoms with Crippen LogP contribution in [-0.2, 0) is 10.8 Å². The van der Waals surface area contributed by atoms with Crippen LogP contribution in [0, 0.1) is 5.82 Å². The average molecular weight is 330 g/mol. The molecule has 2 N–H and O–H groups in total. The SMILES string of the molecule is C[S@](=O)c1ccc(NC(=O)NC[C@]2(C)CCCS2)cc1F. The molecule has 1 heterocycles. The van der Waals surface area contributed by atoms with Crippen LogP contribution in [0.2, 0.25) is 0 Å². The number of benzene rings is 1. The molecule has 0 unspecified atom stereocenters. The average Bonchev–Trinajstić information content (AvgIpc) is 2.84. The summed E-state index contributed by atoms with van der Waals surface area (Å²) in [6.07, 6.45) is 3.67. The first-order chi connectivity index (χ1) is 9.89. The summed E-state index contributed by atoms with van der Waals surface area (Å²) in [7, 11) is -1.38. The third-order valence-electron chi connectivity index (χ3n) is 3.42. The van der Waals surface area contributed by atoms with Crippen molar-refractivity contribution in [1.29, 1.82) is 0 Å². The number of nitrogens with one attached hydrogen (secondary N) is 2. The van der Waals surface area contributed by atoms with E-state index in [1.165, 1.54) is 24.8 Å². The van der Waals surface area contributed by atoms with Crippen molar-refractivity contribution in [3.8, 4) is 0 Å². The number of thioether (sulfide) groups is 1. The fourth-order valence-corrected chi connectivity index (χ4v) is 4.07. The molecular weight excluding hydrogens is 311 g/mol. The van der Waals surface area contributed by atoms with Crippen LogP contribution in [0.5, 0.6) is 0 Å². The first-order valence-electron chi connectivity index (χ1n) is 6.71. The number of carbonyl (C=O) groups excluding carboxylic acids is 1. The smallest absolute Gasteiger partial charge is 0.319 e. The van der Waals surface area contributed by atoms with Crippen molar-refractivity contribution in [3.63, 3.8) is 0 Å². The van der Waals surface area contributed by atoms with Crippen molar-refractivity contribution in [2.24, 2.45) is 0 Å². The van der Waals surface area contributed by atoms with E-state index in [9.17, 15) is 13.4 Å². The number of rotatable bonds is 4. The maximum absolute atomic E-state index is 13.7. The normalized spacial score (nSPS) is 22.8. The van der Waals surface area contributed by atoms with Crippen LogP contribution in [-0.4, -0.2) is 33.5 Å². The van der Waals surface area contributed by atoms with Crippen molar-refractivity contribution >= 4 is 34.3 Å². The van der Waals surface area contributed by atoms with E-state index in [2.05, 4.69) is 17.6 Å². The van der Waals surface area contributed by atoms with Crippen LogP contribution in [0.15, 0.2) is 23.1 Å². The summed E-state index contributed by atoms with van der Waals surface area (Å²) in [5.41, 5.74) is 0.350. The van der Waals surface area contributed by atoms with Crippen LogP contribution in [0.4, 0.5) is 14.9 Å². The Morgan fingerprint density at radius 3 is 2.86 bits per heavy atom. The molecule has 116 valence electrons. The molecule has 1 aliphatic rings. The Morgan fingerprint density at radius 2 is 2.29 bits per heavy atom. The Hall–Kier alpha value is -1.08. The van der Waals surface area contributed by atoms with Gasteiger partial charge in [0, 0.05) is 23.2 Å². The minimum atomic E-state index is -1.38. The topological polar surface area (TPSA) is 58.2 Å². The zero-order valence-corrected chi connectivity index (χ0v) is 13.7. The molecule has 0 bridgehead atoms. The van der Waals surface area contributed by atoms with Gasteiger partial charge < -0.3 is 10.6 Å². The number of amides is 2. The molecule has 4 nitrogen and oxygen atoms in total. The second-order valence-corrected chi connectivity index (χ2v) is 8.34. The van der Waals surface area contributed by atoms with Gasteiger partial charge >= 0.3 is 6.03 Å². The Kier molecular flexibility index (Phi) is 5.27. The number of hydrogen-bond acceptors (Lipinski definition) is 3. The molecule has 2 atom stereocenters. The maximum atomic E-state index is 13.7. The number of hydrogen-bond donors (Lipinski definition) is 2. The second kappa shape index (κ2) is 6.79. The van der Waals surface area contributed by atoms with Crippen LogP contribution in [0.3, 0.4) is 0 Å². The molecule has 0 saturated carbocycles. The molecule has 1 aromatic carbocycles. The lowest BCUT2D eigenvalue weighted by atomic mass is 10.1. The number of carbonyl (C=O) groups is 1. The van der Waals surface area contributed by atoms with Gasteiger partial charge in [0.15, 0.2) is 0 Å². The van der Waals surface area contributed by atoms with Crippen molar-refractivity contribution in [2.75, 3.05) is 23.9 Å². The highest BCUT2D eigenvalue weighted by atomic mass is 32.2. The van der Waals surface area contributed by atoms with Gasteiger partial charge in [-0.2, -0.15) is 11.8 Å². The van der Waals surface area contributed by atoms with E-state index in [0.717, 1.165) is 12.2 Å². The summed E-state index contributed by atoms with van der Waals surface area (Å²) >= 11 is 1.86. The summed E-state index contributed by atoms with van der Waals surface area (Å²) in [5.74, 6) is 0.549. The molecule has 2 amide bonds. The quantitative estimate of drug-likeness (QED) is 0.892. The lowest BCUT2D eigenvalue weighted by Gasteiger charge is -2.22. The predicted molar refractivity (Wildman–Crippen MR) is 85.9 cm³/mol. The van der Waals surface area contributed by atoms with Gasteiger partial charge in [-0.05, 0) is 43.7 Å². The van der Waals surface area contributed by atoms with Gasteiger partial charge in [-0.3, -0.25) is 4.21 Å². The van der Waals surface area contributed by atoms with Crippen LogP contribution < -0.4 is 10.6 Å². The first-order valence-corrected chi connectivity index (χ1v) is 9.26. The highest BCUT2D eigenvalue weighted by molar-refractivity contribution is 8.00. The first kappa shape index (κ1) is 16.3. The van der Waals surface area contributed by atoms with Gasteiger partial charge in [0.1, 0.15) is 5.82 Å². The lowest BCUT2D eigenvalue weighted by molar-refractivity contribution is 0.251. The summed E-state index contributed by atoms with van der Waals surface area (Å²) < 4.78 is 25.0. The minimum Gasteiger partial charge on any atom is -0.336 e. The van der Waals surface area contributed by atoms with E-state index in [1.54, 1.807) is 6.07 Å². The minimum absolute atomic E-state index is 0.0888.